The summed E-state index contributed by atoms with van der Waals surface area (Å²) >= 11 is 11.9. The summed E-state index contributed by atoms with van der Waals surface area (Å²) in [4.78, 5) is 12.2. The molecule has 1 aromatic heterocycles. The van der Waals surface area contributed by atoms with E-state index in [2.05, 4.69) is 10.4 Å². The highest BCUT2D eigenvalue weighted by Crippen LogP contribution is 2.26. The van der Waals surface area contributed by atoms with Gasteiger partial charge >= 0.3 is 0 Å². The number of carbonyl (C=O) groups excluding carboxylic acids is 1. The minimum atomic E-state index is -0.350. The van der Waals surface area contributed by atoms with Crippen molar-refractivity contribution in [3.05, 3.63) is 70.3 Å². The number of carbonyl (C=O) groups is 1. The standard InChI is InChI=1S/C18H15Cl2N3O2/c19-13-3-1-12(2-4-13)17-11-16(18(25)21-9-10-24)22-23(17)15-7-5-14(20)6-8-15/h1-8,11,24H,9-10H2,(H,21,25). The molecule has 0 atom stereocenters. The number of aliphatic hydroxyl groups excluding tert-OH is 1. The fourth-order valence-corrected chi connectivity index (χ4v) is 2.61. The predicted molar refractivity (Wildman–Crippen MR) is 98.4 cm³/mol. The molecule has 1 heterocycles. The molecule has 2 N–H and O–H groups in total. The molecule has 2 aromatic carbocycles. The summed E-state index contributed by atoms with van der Waals surface area (Å²) in [6.07, 6.45) is 0. The molecule has 0 fully saturated rings. The molecule has 0 unspecified atom stereocenters. The lowest BCUT2D eigenvalue weighted by atomic mass is 10.1. The van der Waals surface area contributed by atoms with Crippen LogP contribution < -0.4 is 5.32 Å². The Morgan fingerprint density at radius 1 is 1.04 bits per heavy atom. The Morgan fingerprint density at radius 3 is 2.24 bits per heavy atom. The van der Waals surface area contributed by atoms with Gasteiger partial charge in [0.2, 0.25) is 0 Å². The average molecular weight is 376 g/mol. The van der Waals surface area contributed by atoms with E-state index in [4.69, 9.17) is 28.3 Å². The van der Waals surface area contributed by atoms with Crippen LogP contribution in [-0.2, 0) is 0 Å². The molecule has 5 nitrogen and oxygen atoms in total. The van der Waals surface area contributed by atoms with Crippen LogP contribution in [0.4, 0.5) is 0 Å². The van der Waals surface area contributed by atoms with Crippen molar-refractivity contribution >= 4 is 29.1 Å². The highest BCUT2D eigenvalue weighted by Gasteiger charge is 2.16. The number of rotatable bonds is 5. The highest BCUT2D eigenvalue weighted by atomic mass is 35.5. The quantitative estimate of drug-likeness (QED) is 0.716. The summed E-state index contributed by atoms with van der Waals surface area (Å²) in [5.74, 6) is -0.350. The van der Waals surface area contributed by atoms with Crippen LogP contribution in [0, 0.1) is 0 Å². The number of aliphatic hydroxyl groups is 1. The Labute approximate surface area is 154 Å². The number of hydrogen-bond acceptors (Lipinski definition) is 3. The van der Waals surface area contributed by atoms with Gasteiger partial charge in [0.1, 0.15) is 0 Å². The second-order valence-corrected chi connectivity index (χ2v) is 6.16. The maximum absolute atomic E-state index is 12.2. The van der Waals surface area contributed by atoms with Gasteiger partial charge in [-0.2, -0.15) is 5.10 Å². The van der Waals surface area contributed by atoms with Gasteiger partial charge in [-0.15, -0.1) is 0 Å². The molecule has 0 bridgehead atoms. The first-order valence-electron chi connectivity index (χ1n) is 7.59. The number of nitrogens with zero attached hydrogens (tertiary/aromatic N) is 2. The maximum Gasteiger partial charge on any atom is 0.271 e. The zero-order valence-corrected chi connectivity index (χ0v) is 14.6. The molecular formula is C18H15Cl2N3O2. The smallest absolute Gasteiger partial charge is 0.271 e. The van der Waals surface area contributed by atoms with E-state index in [0.717, 1.165) is 16.9 Å². The first kappa shape index (κ1) is 17.5. The van der Waals surface area contributed by atoms with Crippen LogP contribution in [0.2, 0.25) is 10.0 Å². The molecule has 0 aliphatic heterocycles. The summed E-state index contributed by atoms with van der Waals surface area (Å²) in [7, 11) is 0. The van der Waals surface area contributed by atoms with Gasteiger partial charge in [0.05, 0.1) is 18.0 Å². The molecule has 25 heavy (non-hydrogen) atoms. The zero-order chi connectivity index (χ0) is 17.8. The second kappa shape index (κ2) is 7.70. The topological polar surface area (TPSA) is 67.2 Å². The summed E-state index contributed by atoms with van der Waals surface area (Å²) in [5, 5.41) is 17.1. The van der Waals surface area contributed by atoms with E-state index in [0.29, 0.717) is 10.0 Å². The van der Waals surface area contributed by atoms with Crippen LogP contribution in [0.1, 0.15) is 10.5 Å². The lowest BCUT2D eigenvalue weighted by Crippen LogP contribution is -2.26. The van der Waals surface area contributed by atoms with Crippen LogP contribution in [0.3, 0.4) is 0 Å². The molecule has 0 saturated carbocycles. The summed E-state index contributed by atoms with van der Waals surface area (Å²) < 4.78 is 1.67. The fourth-order valence-electron chi connectivity index (χ4n) is 2.36. The monoisotopic (exact) mass is 375 g/mol. The van der Waals surface area contributed by atoms with E-state index in [9.17, 15) is 4.79 Å². The van der Waals surface area contributed by atoms with E-state index < -0.39 is 0 Å². The van der Waals surface area contributed by atoms with Gasteiger partial charge in [-0.05, 0) is 42.5 Å². The molecular weight excluding hydrogens is 361 g/mol. The van der Waals surface area contributed by atoms with Gasteiger partial charge in [0, 0.05) is 22.2 Å². The molecule has 0 radical (unpaired) electrons. The fraction of sp³-hybridized carbons (Fsp3) is 0.111. The Hall–Kier alpha value is -2.34. The number of benzene rings is 2. The Morgan fingerprint density at radius 2 is 1.64 bits per heavy atom. The van der Waals surface area contributed by atoms with E-state index in [1.165, 1.54) is 0 Å². The molecule has 7 heteroatoms. The third-order valence-electron chi connectivity index (χ3n) is 3.55. The molecule has 3 aromatic rings. The third kappa shape index (κ3) is 4.02. The number of halogens is 2. The van der Waals surface area contributed by atoms with Gasteiger partial charge in [-0.1, -0.05) is 35.3 Å². The van der Waals surface area contributed by atoms with E-state index in [-0.39, 0.29) is 24.8 Å². The van der Waals surface area contributed by atoms with Crippen molar-refractivity contribution in [2.45, 2.75) is 0 Å². The van der Waals surface area contributed by atoms with Crippen molar-refractivity contribution in [3.63, 3.8) is 0 Å². The molecule has 0 spiro atoms. The summed E-state index contributed by atoms with van der Waals surface area (Å²) in [5.41, 5.74) is 2.64. The molecule has 0 saturated heterocycles. The van der Waals surface area contributed by atoms with E-state index in [1.807, 2.05) is 24.3 Å². The minimum Gasteiger partial charge on any atom is -0.395 e. The normalized spacial score (nSPS) is 10.7. The number of amides is 1. The van der Waals surface area contributed by atoms with Crippen molar-refractivity contribution in [3.8, 4) is 16.9 Å². The summed E-state index contributed by atoms with van der Waals surface area (Å²) in [6.45, 7) is 0.0383. The Bertz CT molecular complexity index is 811. The van der Waals surface area contributed by atoms with Crippen molar-refractivity contribution < 1.29 is 9.90 Å². The first-order valence-corrected chi connectivity index (χ1v) is 8.35. The van der Waals surface area contributed by atoms with Gasteiger partial charge < -0.3 is 10.4 Å². The Balaban J connectivity index is 2.07. The van der Waals surface area contributed by atoms with Crippen LogP contribution in [-0.4, -0.2) is 33.9 Å². The van der Waals surface area contributed by atoms with Crippen molar-refractivity contribution in [2.75, 3.05) is 13.2 Å². The van der Waals surface area contributed by atoms with Gasteiger partial charge in [-0.3, -0.25) is 4.79 Å². The summed E-state index contributed by atoms with van der Waals surface area (Å²) in [6, 6.07) is 16.1. The predicted octanol–water partition coefficient (Wildman–Crippen LogP) is 3.57. The lowest BCUT2D eigenvalue weighted by Gasteiger charge is -2.08. The van der Waals surface area contributed by atoms with Gasteiger partial charge in [0.15, 0.2) is 5.69 Å². The molecule has 1 amide bonds. The van der Waals surface area contributed by atoms with Crippen LogP contribution in [0.25, 0.3) is 16.9 Å². The van der Waals surface area contributed by atoms with E-state index in [1.54, 1.807) is 35.0 Å². The minimum absolute atomic E-state index is 0.131. The number of aromatic nitrogens is 2. The van der Waals surface area contributed by atoms with Crippen LogP contribution in [0.15, 0.2) is 54.6 Å². The Kier molecular flexibility index (Phi) is 5.38. The average Bonchev–Trinajstić information content (AvgIpc) is 3.06. The molecule has 128 valence electrons. The van der Waals surface area contributed by atoms with Gasteiger partial charge in [-0.25, -0.2) is 4.68 Å². The molecule has 0 aliphatic rings. The van der Waals surface area contributed by atoms with Crippen molar-refractivity contribution in [1.29, 1.82) is 0 Å². The zero-order valence-electron chi connectivity index (χ0n) is 13.1. The number of hydrogen-bond donors (Lipinski definition) is 2. The van der Waals surface area contributed by atoms with Crippen molar-refractivity contribution in [1.82, 2.24) is 15.1 Å². The lowest BCUT2D eigenvalue weighted by molar-refractivity contribution is 0.0939. The SMILES string of the molecule is O=C(NCCO)c1cc(-c2ccc(Cl)cc2)n(-c2ccc(Cl)cc2)n1. The maximum atomic E-state index is 12.2. The van der Waals surface area contributed by atoms with Crippen molar-refractivity contribution in [2.24, 2.45) is 0 Å². The second-order valence-electron chi connectivity index (χ2n) is 5.29. The molecule has 0 aliphatic carbocycles. The van der Waals surface area contributed by atoms with Gasteiger partial charge in [0.25, 0.3) is 5.91 Å². The first-order chi connectivity index (χ1) is 12.1. The third-order valence-corrected chi connectivity index (χ3v) is 4.05. The molecule has 3 rings (SSSR count). The number of nitrogens with one attached hydrogen (secondary N) is 1. The largest absolute Gasteiger partial charge is 0.395 e. The van der Waals surface area contributed by atoms with Crippen LogP contribution >= 0.6 is 23.2 Å². The van der Waals surface area contributed by atoms with Crippen LogP contribution in [0.5, 0.6) is 0 Å². The highest BCUT2D eigenvalue weighted by molar-refractivity contribution is 6.30. The van der Waals surface area contributed by atoms with E-state index >= 15 is 0 Å².